The highest BCUT2D eigenvalue weighted by Crippen LogP contribution is 2.05. The number of hydrogen-bond donors (Lipinski definition) is 2. The van der Waals surface area contributed by atoms with Gasteiger partial charge in [0.2, 0.25) is 5.95 Å². The van der Waals surface area contributed by atoms with Gasteiger partial charge >= 0.3 is 5.97 Å². The summed E-state index contributed by atoms with van der Waals surface area (Å²) in [5, 5.41) is 11.6. The van der Waals surface area contributed by atoms with E-state index in [0.29, 0.717) is 0 Å². The standard InChI is InChI=1S/C11H13N3O2/c1-3-5-8(4-2)13-11-12-7-6-9(14-11)10(15)16/h2,6-8H,3,5H2,1H3,(H,15,16)(H,12,13,14). The van der Waals surface area contributed by atoms with Crippen molar-refractivity contribution in [2.75, 3.05) is 5.32 Å². The summed E-state index contributed by atoms with van der Waals surface area (Å²) in [4.78, 5) is 18.4. The minimum absolute atomic E-state index is 0.0511. The Kier molecular flexibility index (Phi) is 4.28. The number of nitrogens with one attached hydrogen (secondary N) is 1. The van der Waals surface area contributed by atoms with Crippen LogP contribution in [0.1, 0.15) is 30.3 Å². The van der Waals surface area contributed by atoms with Gasteiger partial charge in [0, 0.05) is 6.20 Å². The molecule has 2 N–H and O–H groups in total. The molecule has 84 valence electrons. The summed E-state index contributed by atoms with van der Waals surface area (Å²) in [6.45, 7) is 2.01. The molecular weight excluding hydrogens is 206 g/mol. The fourth-order valence-corrected chi connectivity index (χ4v) is 1.19. The molecule has 0 spiro atoms. The monoisotopic (exact) mass is 219 g/mol. The van der Waals surface area contributed by atoms with E-state index in [1.54, 1.807) is 0 Å². The number of hydrogen-bond acceptors (Lipinski definition) is 4. The minimum atomic E-state index is -1.09. The fraction of sp³-hybridized carbons (Fsp3) is 0.364. The van der Waals surface area contributed by atoms with E-state index in [9.17, 15) is 4.79 Å². The number of carboxylic acids is 1. The molecule has 1 heterocycles. The second-order valence-corrected chi connectivity index (χ2v) is 3.22. The van der Waals surface area contributed by atoms with Crippen LogP contribution in [0.15, 0.2) is 12.3 Å². The van der Waals surface area contributed by atoms with Crippen molar-refractivity contribution in [1.82, 2.24) is 9.97 Å². The fourth-order valence-electron chi connectivity index (χ4n) is 1.19. The van der Waals surface area contributed by atoms with Crippen LogP contribution in [0.4, 0.5) is 5.95 Å². The number of nitrogens with zero attached hydrogens (tertiary/aromatic N) is 2. The van der Waals surface area contributed by atoms with E-state index in [1.807, 2.05) is 6.92 Å². The topological polar surface area (TPSA) is 75.1 Å². The van der Waals surface area contributed by atoms with Crippen molar-refractivity contribution >= 4 is 11.9 Å². The summed E-state index contributed by atoms with van der Waals surface area (Å²) in [6.07, 6.45) is 8.43. The van der Waals surface area contributed by atoms with Gasteiger partial charge in [0.25, 0.3) is 0 Å². The van der Waals surface area contributed by atoms with Gasteiger partial charge in [0.15, 0.2) is 5.69 Å². The maximum absolute atomic E-state index is 10.7. The lowest BCUT2D eigenvalue weighted by Gasteiger charge is -2.11. The smallest absolute Gasteiger partial charge is 0.354 e. The molecule has 0 aliphatic heterocycles. The molecule has 0 amide bonds. The van der Waals surface area contributed by atoms with Crippen molar-refractivity contribution in [3.63, 3.8) is 0 Å². The molecule has 5 heteroatoms. The van der Waals surface area contributed by atoms with Crippen LogP contribution in [0.2, 0.25) is 0 Å². The molecule has 0 bridgehead atoms. The van der Waals surface area contributed by atoms with Gasteiger partial charge in [-0.15, -0.1) is 6.42 Å². The lowest BCUT2D eigenvalue weighted by atomic mass is 10.2. The Hall–Kier alpha value is -2.09. The zero-order chi connectivity index (χ0) is 12.0. The molecule has 0 fully saturated rings. The molecule has 16 heavy (non-hydrogen) atoms. The average Bonchev–Trinajstić information content (AvgIpc) is 2.29. The highest BCUT2D eigenvalue weighted by molar-refractivity contribution is 5.85. The largest absolute Gasteiger partial charge is 0.477 e. The molecular formula is C11H13N3O2. The summed E-state index contributed by atoms with van der Waals surface area (Å²) < 4.78 is 0. The average molecular weight is 219 g/mol. The van der Waals surface area contributed by atoms with E-state index in [4.69, 9.17) is 11.5 Å². The van der Waals surface area contributed by atoms with E-state index in [-0.39, 0.29) is 17.7 Å². The van der Waals surface area contributed by atoms with Gasteiger partial charge in [-0.2, -0.15) is 0 Å². The summed E-state index contributed by atoms with van der Waals surface area (Å²) in [5.41, 5.74) is -0.0511. The van der Waals surface area contributed by atoms with Crippen LogP contribution in [0.3, 0.4) is 0 Å². The van der Waals surface area contributed by atoms with Crippen molar-refractivity contribution in [2.24, 2.45) is 0 Å². The van der Waals surface area contributed by atoms with E-state index in [2.05, 4.69) is 21.2 Å². The molecule has 0 radical (unpaired) electrons. The molecule has 0 saturated heterocycles. The van der Waals surface area contributed by atoms with E-state index in [0.717, 1.165) is 12.8 Å². The third kappa shape index (κ3) is 3.24. The Morgan fingerprint density at radius 3 is 3.06 bits per heavy atom. The Balaban J connectivity index is 2.77. The molecule has 0 aliphatic carbocycles. The zero-order valence-electron chi connectivity index (χ0n) is 8.97. The van der Waals surface area contributed by atoms with Crippen LogP contribution in [-0.4, -0.2) is 27.1 Å². The molecule has 1 unspecified atom stereocenters. The Morgan fingerprint density at radius 1 is 1.75 bits per heavy atom. The summed E-state index contributed by atoms with van der Waals surface area (Å²) in [7, 11) is 0. The lowest BCUT2D eigenvalue weighted by Crippen LogP contribution is -2.19. The van der Waals surface area contributed by atoms with E-state index >= 15 is 0 Å². The molecule has 1 atom stereocenters. The predicted octanol–water partition coefficient (Wildman–Crippen LogP) is 1.39. The number of anilines is 1. The van der Waals surface area contributed by atoms with E-state index < -0.39 is 5.97 Å². The van der Waals surface area contributed by atoms with Gasteiger partial charge < -0.3 is 10.4 Å². The van der Waals surface area contributed by atoms with Gasteiger partial charge in [-0.3, -0.25) is 0 Å². The number of aromatic carboxylic acids is 1. The van der Waals surface area contributed by atoms with Crippen molar-refractivity contribution in [2.45, 2.75) is 25.8 Å². The molecule has 0 aromatic carbocycles. The predicted molar refractivity (Wildman–Crippen MR) is 60.1 cm³/mol. The first-order chi connectivity index (χ1) is 7.67. The van der Waals surface area contributed by atoms with Crippen molar-refractivity contribution in [3.05, 3.63) is 18.0 Å². The zero-order valence-corrected chi connectivity index (χ0v) is 8.97. The van der Waals surface area contributed by atoms with Crippen LogP contribution in [0, 0.1) is 12.3 Å². The normalized spacial score (nSPS) is 11.5. The lowest BCUT2D eigenvalue weighted by molar-refractivity contribution is 0.0690. The van der Waals surface area contributed by atoms with Gasteiger partial charge in [-0.05, 0) is 12.5 Å². The van der Waals surface area contributed by atoms with Crippen molar-refractivity contribution in [1.29, 1.82) is 0 Å². The van der Waals surface area contributed by atoms with Gasteiger partial charge in [0.1, 0.15) is 0 Å². The molecule has 1 aromatic rings. The van der Waals surface area contributed by atoms with Crippen LogP contribution in [0.25, 0.3) is 0 Å². The van der Waals surface area contributed by atoms with Gasteiger partial charge in [-0.1, -0.05) is 19.3 Å². The van der Waals surface area contributed by atoms with E-state index in [1.165, 1.54) is 12.3 Å². The maximum atomic E-state index is 10.7. The van der Waals surface area contributed by atoms with Crippen LogP contribution >= 0.6 is 0 Å². The Bertz CT molecular complexity index is 412. The summed E-state index contributed by atoms with van der Waals surface area (Å²) >= 11 is 0. The molecule has 0 saturated carbocycles. The van der Waals surface area contributed by atoms with Crippen LogP contribution in [0.5, 0.6) is 0 Å². The second kappa shape index (κ2) is 5.71. The number of terminal acetylenes is 1. The molecule has 1 rings (SSSR count). The Morgan fingerprint density at radius 2 is 2.50 bits per heavy atom. The number of carbonyl (C=O) groups is 1. The first-order valence-corrected chi connectivity index (χ1v) is 4.96. The number of aromatic nitrogens is 2. The van der Waals surface area contributed by atoms with Crippen LogP contribution < -0.4 is 5.32 Å². The number of carboxylic acid groups (broad SMARTS) is 1. The summed E-state index contributed by atoms with van der Waals surface area (Å²) in [5.74, 6) is 1.72. The first-order valence-electron chi connectivity index (χ1n) is 4.96. The third-order valence-electron chi connectivity index (χ3n) is 1.96. The third-order valence-corrected chi connectivity index (χ3v) is 1.96. The summed E-state index contributed by atoms with van der Waals surface area (Å²) in [6, 6.07) is 1.16. The maximum Gasteiger partial charge on any atom is 0.354 e. The van der Waals surface area contributed by atoms with Gasteiger partial charge in [0.05, 0.1) is 6.04 Å². The van der Waals surface area contributed by atoms with Gasteiger partial charge in [-0.25, -0.2) is 14.8 Å². The second-order valence-electron chi connectivity index (χ2n) is 3.22. The first kappa shape index (κ1) is 12.0. The van der Waals surface area contributed by atoms with Crippen molar-refractivity contribution < 1.29 is 9.90 Å². The van der Waals surface area contributed by atoms with Crippen LogP contribution in [-0.2, 0) is 0 Å². The van der Waals surface area contributed by atoms with Crippen molar-refractivity contribution in [3.8, 4) is 12.3 Å². The highest BCUT2D eigenvalue weighted by atomic mass is 16.4. The SMILES string of the molecule is C#CC(CCC)Nc1nccc(C(=O)O)n1. The Labute approximate surface area is 93.9 Å². The molecule has 1 aromatic heterocycles. The minimum Gasteiger partial charge on any atom is -0.477 e. The highest BCUT2D eigenvalue weighted by Gasteiger charge is 2.09. The molecule has 5 nitrogen and oxygen atoms in total. The quantitative estimate of drug-likeness (QED) is 0.732. The number of rotatable bonds is 5. The molecule has 0 aliphatic rings.